The maximum atomic E-state index is 12.7. The molecular formula is C7H7F3IN2-. The average molecular weight is 303 g/mol. The van der Waals surface area contributed by atoms with E-state index in [0.717, 1.165) is 6.08 Å². The van der Waals surface area contributed by atoms with Crippen LogP contribution >= 0.6 is 0 Å². The number of alkyl halides is 3. The van der Waals surface area contributed by atoms with Crippen molar-refractivity contribution in [3.63, 3.8) is 0 Å². The number of nitrogens with zero attached hydrogens (tertiary/aromatic N) is 1. The standard InChI is InChI=1S/C7H7F3IN2/c8-4-7(9,10)5-1-2-11-6(12)3-13-5/h1-3H,4,12H2/q-1. The molecule has 0 aromatic carbocycles. The summed E-state index contributed by atoms with van der Waals surface area (Å²) in [6.07, 6.45) is 2.31. The summed E-state index contributed by atoms with van der Waals surface area (Å²) < 4.78 is 39.4. The molecule has 2 nitrogen and oxygen atoms in total. The van der Waals surface area contributed by atoms with Gasteiger partial charge in [0.25, 0.3) is 0 Å². The number of rotatable bonds is 2. The molecule has 0 saturated carbocycles. The molecule has 0 amide bonds. The molecule has 0 saturated heterocycles. The van der Waals surface area contributed by atoms with Gasteiger partial charge in [0.05, 0.1) is 0 Å². The van der Waals surface area contributed by atoms with Crippen molar-refractivity contribution in [1.82, 2.24) is 0 Å². The Morgan fingerprint density at radius 3 is 2.85 bits per heavy atom. The third-order valence-corrected chi connectivity index (χ3v) is 3.00. The second kappa shape index (κ2) is 4.12. The van der Waals surface area contributed by atoms with Crippen LogP contribution in [0.25, 0.3) is 0 Å². The van der Waals surface area contributed by atoms with Crippen LogP contribution in [0.3, 0.4) is 0 Å². The topological polar surface area (TPSA) is 38.4 Å². The molecule has 0 spiro atoms. The fourth-order valence-electron chi connectivity index (χ4n) is 0.651. The monoisotopic (exact) mass is 303 g/mol. The molecule has 1 rings (SSSR count). The molecular weight excluding hydrogens is 296 g/mol. The Morgan fingerprint density at radius 2 is 2.23 bits per heavy atom. The Kier molecular flexibility index (Phi) is 3.34. The second-order valence-electron chi connectivity index (χ2n) is 2.27. The predicted molar refractivity (Wildman–Crippen MR) is 39.8 cm³/mol. The number of halogens is 4. The summed E-state index contributed by atoms with van der Waals surface area (Å²) in [7, 11) is 0. The average Bonchev–Trinajstić information content (AvgIpc) is 2.30. The number of aliphatic imine (C=N–C) groups is 1. The van der Waals surface area contributed by atoms with Crippen LogP contribution in [0.4, 0.5) is 13.2 Å². The van der Waals surface area contributed by atoms with E-state index >= 15 is 0 Å². The molecule has 13 heavy (non-hydrogen) atoms. The summed E-state index contributed by atoms with van der Waals surface area (Å²) in [5.41, 5.74) is 4.83. The van der Waals surface area contributed by atoms with Crippen LogP contribution in [0.15, 0.2) is 25.1 Å². The number of hydrogen-bond donors (Lipinski definition) is 1. The van der Waals surface area contributed by atoms with E-state index in [-0.39, 0.29) is 0 Å². The molecule has 0 atom stereocenters. The van der Waals surface area contributed by atoms with E-state index in [0.29, 0.717) is 3.70 Å². The van der Waals surface area contributed by atoms with Crippen molar-refractivity contribution < 1.29 is 34.4 Å². The van der Waals surface area contributed by atoms with E-state index < -0.39 is 39.5 Å². The van der Waals surface area contributed by atoms with Crippen molar-refractivity contribution in [2.75, 3.05) is 6.67 Å². The van der Waals surface area contributed by atoms with Crippen LogP contribution in [0.1, 0.15) is 0 Å². The van der Waals surface area contributed by atoms with E-state index in [1.165, 1.54) is 6.20 Å². The Hall–Kier alpha value is -0.530. The van der Waals surface area contributed by atoms with Gasteiger partial charge in [-0.25, -0.2) is 0 Å². The third kappa shape index (κ3) is 2.71. The molecule has 0 radical (unpaired) electrons. The summed E-state index contributed by atoms with van der Waals surface area (Å²) >= 11 is -0.568. The van der Waals surface area contributed by atoms with Gasteiger partial charge in [0.2, 0.25) is 0 Å². The molecule has 0 fully saturated rings. The molecule has 2 N–H and O–H groups in total. The quantitative estimate of drug-likeness (QED) is 0.485. The molecule has 0 aromatic rings. The van der Waals surface area contributed by atoms with Crippen molar-refractivity contribution in [1.29, 1.82) is 0 Å². The zero-order valence-corrected chi connectivity index (χ0v) is 8.63. The van der Waals surface area contributed by atoms with Gasteiger partial charge in [-0.05, 0) is 0 Å². The summed E-state index contributed by atoms with van der Waals surface area (Å²) in [6, 6.07) is 0. The van der Waals surface area contributed by atoms with Crippen molar-refractivity contribution in [2.24, 2.45) is 10.7 Å². The van der Waals surface area contributed by atoms with E-state index in [9.17, 15) is 13.2 Å². The van der Waals surface area contributed by atoms with E-state index in [2.05, 4.69) is 4.99 Å². The van der Waals surface area contributed by atoms with Crippen molar-refractivity contribution in [3.05, 3.63) is 20.1 Å². The van der Waals surface area contributed by atoms with Gasteiger partial charge in [0.1, 0.15) is 0 Å². The predicted octanol–water partition coefficient (Wildman–Crippen LogP) is -1.59. The Labute approximate surface area is 83.7 Å². The molecule has 0 aromatic heterocycles. The summed E-state index contributed by atoms with van der Waals surface area (Å²) in [5.74, 6) is -3.50. The number of allylic oxidation sites excluding steroid dienone is 1. The fraction of sp³-hybridized carbons (Fsp3) is 0.286. The molecule has 1 heterocycles. The van der Waals surface area contributed by atoms with Gasteiger partial charge < -0.3 is 0 Å². The van der Waals surface area contributed by atoms with Gasteiger partial charge in [-0.3, -0.25) is 0 Å². The van der Waals surface area contributed by atoms with Crippen LogP contribution in [0.2, 0.25) is 0 Å². The molecule has 6 heteroatoms. The van der Waals surface area contributed by atoms with E-state index in [1.807, 2.05) is 0 Å². The van der Waals surface area contributed by atoms with Crippen LogP contribution < -0.4 is 26.9 Å². The first kappa shape index (κ1) is 10.6. The fourth-order valence-corrected chi connectivity index (χ4v) is 1.89. The minimum atomic E-state index is -3.50. The van der Waals surface area contributed by atoms with Crippen LogP contribution in [-0.4, -0.2) is 18.3 Å². The first-order chi connectivity index (χ1) is 6.06. The van der Waals surface area contributed by atoms with Crippen LogP contribution in [0, 0.1) is 0 Å². The van der Waals surface area contributed by atoms with Crippen molar-refractivity contribution >= 4 is 5.71 Å². The van der Waals surface area contributed by atoms with Gasteiger partial charge in [-0.1, -0.05) is 0 Å². The second-order valence-corrected chi connectivity index (χ2v) is 4.86. The van der Waals surface area contributed by atoms with Crippen LogP contribution in [0.5, 0.6) is 0 Å². The molecule has 1 aliphatic heterocycles. The Balaban J connectivity index is 2.92. The Morgan fingerprint density at radius 1 is 1.54 bits per heavy atom. The first-order valence-corrected chi connectivity index (χ1v) is 5.66. The normalized spacial score (nSPS) is 18.4. The Bertz CT molecular complexity index is 283. The van der Waals surface area contributed by atoms with Gasteiger partial charge in [0, 0.05) is 0 Å². The van der Waals surface area contributed by atoms with E-state index in [1.54, 1.807) is 4.08 Å². The van der Waals surface area contributed by atoms with Gasteiger partial charge in [0.15, 0.2) is 0 Å². The SMILES string of the molecule is NC1=CN=C(C(F)(F)CF)C=C[I-]1. The minimum absolute atomic E-state index is 0.486. The van der Waals surface area contributed by atoms with E-state index in [4.69, 9.17) is 5.73 Å². The maximum absolute atomic E-state index is 12.7. The van der Waals surface area contributed by atoms with Crippen molar-refractivity contribution in [2.45, 2.75) is 5.92 Å². The third-order valence-electron chi connectivity index (χ3n) is 1.28. The van der Waals surface area contributed by atoms with Crippen molar-refractivity contribution in [3.8, 4) is 0 Å². The molecule has 74 valence electrons. The van der Waals surface area contributed by atoms with Gasteiger partial charge in [-0.2, -0.15) is 0 Å². The first-order valence-electron chi connectivity index (χ1n) is 3.34. The molecule has 0 bridgehead atoms. The molecule has 0 aliphatic carbocycles. The zero-order chi connectivity index (χ0) is 9.90. The van der Waals surface area contributed by atoms with Crippen LogP contribution in [-0.2, 0) is 0 Å². The summed E-state index contributed by atoms with van der Waals surface area (Å²) in [4.78, 5) is 3.43. The summed E-state index contributed by atoms with van der Waals surface area (Å²) in [6.45, 7) is -1.73. The zero-order valence-electron chi connectivity index (χ0n) is 6.48. The summed E-state index contributed by atoms with van der Waals surface area (Å²) in [5, 5.41) is 0. The van der Waals surface area contributed by atoms with Gasteiger partial charge >= 0.3 is 83.5 Å². The molecule has 1 aliphatic rings. The van der Waals surface area contributed by atoms with Gasteiger partial charge in [-0.15, -0.1) is 0 Å². The number of nitrogens with two attached hydrogens (primary N) is 1. The number of hydrogen-bond acceptors (Lipinski definition) is 2. The molecule has 0 unspecified atom stereocenters.